The van der Waals surface area contributed by atoms with Crippen LogP contribution in [-0.2, 0) is 6.42 Å². The summed E-state index contributed by atoms with van der Waals surface area (Å²) in [5.41, 5.74) is 4.40. The Bertz CT molecular complexity index is 885. The van der Waals surface area contributed by atoms with E-state index in [1.807, 2.05) is 32.0 Å². The SMILES string of the molecule is C=C(O)CCc1ccc(C)c(Cl)c1.CCC1=C(c2ccc(F)cc2)CC(F)(F)C1. The van der Waals surface area contributed by atoms with Crippen LogP contribution in [0, 0.1) is 12.7 Å². The van der Waals surface area contributed by atoms with Gasteiger partial charge in [-0.2, -0.15) is 0 Å². The van der Waals surface area contributed by atoms with E-state index in [1.54, 1.807) is 12.1 Å². The molecule has 0 aliphatic heterocycles. The van der Waals surface area contributed by atoms with Crippen LogP contribution in [-0.4, -0.2) is 11.0 Å². The Balaban J connectivity index is 0.000000212. The number of hydrogen-bond acceptors (Lipinski definition) is 1. The van der Waals surface area contributed by atoms with E-state index in [9.17, 15) is 13.2 Å². The van der Waals surface area contributed by atoms with E-state index in [0.29, 0.717) is 18.4 Å². The summed E-state index contributed by atoms with van der Waals surface area (Å²) in [6, 6.07) is 11.7. The van der Waals surface area contributed by atoms with E-state index in [-0.39, 0.29) is 24.4 Å². The standard InChI is InChI=1S/C13H13F3.C11H13ClO/c1-2-9-7-13(15,16)8-12(9)10-3-5-11(14)6-4-10;1-8-3-5-10(7-11(8)12)6-4-9(2)13/h3-6H,2,7-8H2,1H3;3,5,7,13H,2,4,6H2,1H3. The number of aryl methyl sites for hydroxylation is 2. The molecule has 29 heavy (non-hydrogen) atoms. The van der Waals surface area contributed by atoms with Gasteiger partial charge in [0.2, 0.25) is 0 Å². The van der Waals surface area contributed by atoms with Crippen molar-refractivity contribution in [1.82, 2.24) is 0 Å². The monoisotopic (exact) mass is 422 g/mol. The Morgan fingerprint density at radius 3 is 2.34 bits per heavy atom. The zero-order valence-corrected chi connectivity index (χ0v) is 17.5. The molecule has 156 valence electrons. The van der Waals surface area contributed by atoms with Crippen molar-refractivity contribution in [2.75, 3.05) is 0 Å². The molecule has 0 unspecified atom stereocenters. The molecule has 0 aromatic heterocycles. The highest BCUT2D eigenvalue weighted by Crippen LogP contribution is 2.44. The van der Waals surface area contributed by atoms with Gasteiger partial charge < -0.3 is 5.11 Å². The van der Waals surface area contributed by atoms with Gasteiger partial charge in [-0.1, -0.05) is 54.9 Å². The fraction of sp³-hybridized carbons (Fsp3) is 0.333. The highest BCUT2D eigenvalue weighted by molar-refractivity contribution is 6.31. The van der Waals surface area contributed by atoms with Gasteiger partial charge in [-0.15, -0.1) is 0 Å². The number of aliphatic hydroxyl groups is 1. The first-order valence-electron chi connectivity index (χ1n) is 9.57. The second kappa shape index (κ2) is 10.0. The maximum atomic E-state index is 13.3. The fourth-order valence-electron chi connectivity index (χ4n) is 3.24. The molecule has 2 aromatic rings. The molecule has 0 bridgehead atoms. The van der Waals surface area contributed by atoms with Crippen LogP contribution in [0.15, 0.2) is 60.4 Å². The Morgan fingerprint density at radius 1 is 1.14 bits per heavy atom. The van der Waals surface area contributed by atoms with E-state index >= 15 is 0 Å². The summed E-state index contributed by atoms with van der Waals surface area (Å²) in [5.74, 6) is -2.75. The Hall–Kier alpha value is -2.20. The average Bonchev–Trinajstić information content (AvgIpc) is 2.98. The van der Waals surface area contributed by atoms with Crippen LogP contribution >= 0.6 is 11.6 Å². The number of halogens is 4. The lowest BCUT2D eigenvalue weighted by Gasteiger charge is -2.08. The predicted octanol–water partition coefficient (Wildman–Crippen LogP) is 8.07. The molecule has 1 aliphatic rings. The maximum Gasteiger partial charge on any atom is 0.255 e. The molecule has 0 atom stereocenters. The van der Waals surface area contributed by atoms with Gasteiger partial charge in [0.25, 0.3) is 5.92 Å². The summed E-state index contributed by atoms with van der Waals surface area (Å²) in [4.78, 5) is 0. The van der Waals surface area contributed by atoms with Crippen LogP contribution in [0.4, 0.5) is 13.2 Å². The molecule has 5 heteroatoms. The van der Waals surface area contributed by atoms with Gasteiger partial charge >= 0.3 is 0 Å². The van der Waals surface area contributed by atoms with Gasteiger partial charge in [0.1, 0.15) is 5.82 Å². The molecule has 0 amide bonds. The van der Waals surface area contributed by atoms with Gasteiger partial charge in [0, 0.05) is 24.3 Å². The Morgan fingerprint density at radius 2 is 1.79 bits per heavy atom. The molecule has 0 radical (unpaired) electrons. The van der Waals surface area contributed by atoms with Crippen LogP contribution in [0.2, 0.25) is 5.02 Å². The van der Waals surface area contributed by atoms with Crippen molar-refractivity contribution >= 4 is 17.2 Å². The van der Waals surface area contributed by atoms with E-state index in [1.165, 1.54) is 12.1 Å². The minimum Gasteiger partial charge on any atom is -0.513 e. The quantitative estimate of drug-likeness (QED) is 0.483. The van der Waals surface area contributed by atoms with Gasteiger partial charge in [-0.05, 0) is 60.2 Å². The number of rotatable bonds is 5. The second-order valence-electron chi connectivity index (χ2n) is 7.30. The summed E-state index contributed by atoms with van der Waals surface area (Å²) >= 11 is 5.94. The van der Waals surface area contributed by atoms with Crippen molar-refractivity contribution in [3.8, 4) is 0 Å². The molecule has 0 saturated carbocycles. The first kappa shape index (κ1) is 23.1. The van der Waals surface area contributed by atoms with Crippen LogP contribution < -0.4 is 0 Å². The van der Waals surface area contributed by atoms with Crippen LogP contribution in [0.5, 0.6) is 0 Å². The van der Waals surface area contributed by atoms with Crippen molar-refractivity contribution in [3.63, 3.8) is 0 Å². The molecular weight excluding hydrogens is 397 g/mol. The summed E-state index contributed by atoms with van der Waals surface area (Å²) in [5, 5.41) is 9.69. The molecule has 0 spiro atoms. The minimum absolute atomic E-state index is 0.157. The summed E-state index contributed by atoms with van der Waals surface area (Å²) in [6.45, 7) is 7.28. The Labute approximate surface area is 175 Å². The van der Waals surface area contributed by atoms with Crippen molar-refractivity contribution < 1.29 is 18.3 Å². The lowest BCUT2D eigenvalue weighted by molar-refractivity contribution is 0.0150. The summed E-state index contributed by atoms with van der Waals surface area (Å²) in [7, 11) is 0. The van der Waals surface area contributed by atoms with E-state index in [0.717, 1.165) is 33.7 Å². The molecule has 0 heterocycles. The number of alkyl halides is 2. The van der Waals surface area contributed by atoms with Gasteiger partial charge in [0.05, 0.1) is 5.76 Å². The zero-order valence-electron chi connectivity index (χ0n) is 16.7. The van der Waals surface area contributed by atoms with Gasteiger partial charge in [-0.25, -0.2) is 13.2 Å². The van der Waals surface area contributed by atoms with Gasteiger partial charge in [-0.3, -0.25) is 0 Å². The third-order valence-corrected chi connectivity index (χ3v) is 5.30. The second-order valence-corrected chi connectivity index (χ2v) is 7.71. The molecule has 0 fully saturated rings. The summed E-state index contributed by atoms with van der Waals surface area (Å²) < 4.78 is 39.3. The average molecular weight is 423 g/mol. The highest BCUT2D eigenvalue weighted by atomic mass is 35.5. The van der Waals surface area contributed by atoms with Crippen molar-refractivity contribution in [2.24, 2.45) is 0 Å². The maximum absolute atomic E-state index is 13.3. The Kier molecular flexibility index (Phi) is 7.97. The minimum atomic E-state index is -2.63. The third kappa shape index (κ3) is 6.97. The fourth-order valence-corrected chi connectivity index (χ4v) is 3.44. The molecular formula is C24H26ClF3O. The normalized spacial score (nSPS) is 15.1. The number of benzene rings is 2. The van der Waals surface area contributed by atoms with Gasteiger partial charge in [0.15, 0.2) is 0 Å². The smallest absolute Gasteiger partial charge is 0.255 e. The molecule has 1 nitrogen and oxygen atoms in total. The van der Waals surface area contributed by atoms with Crippen molar-refractivity contribution in [2.45, 2.75) is 51.9 Å². The van der Waals surface area contributed by atoms with E-state index in [2.05, 4.69) is 6.58 Å². The van der Waals surface area contributed by atoms with E-state index < -0.39 is 5.92 Å². The lowest BCUT2D eigenvalue weighted by Crippen LogP contribution is -2.10. The third-order valence-electron chi connectivity index (χ3n) is 4.89. The van der Waals surface area contributed by atoms with Crippen molar-refractivity contribution in [1.29, 1.82) is 0 Å². The topological polar surface area (TPSA) is 20.2 Å². The first-order valence-corrected chi connectivity index (χ1v) is 9.95. The first-order chi connectivity index (χ1) is 13.6. The zero-order chi connectivity index (χ0) is 21.6. The largest absolute Gasteiger partial charge is 0.513 e. The molecule has 3 rings (SSSR count). The van der Waals surface area contributed by atoms with Crippen LogP contribution in [0.1, 0.15) is 49.3 Å². The van der Waals surface area contributed by atoms with Crippen LogP contribution in [0.3, 0.4) is 0 Å². The van der Waals surface area contributed by atoms with Crippen molar-refractivity contribution in [3.05, 3.63) is 87.9 Å². The molecule has 0 saturated heterocycles. The number of allylic oxidation sites excluding steroid dienone is 3. The van der Waals surface area contributed by atoms with Crippen LogP contribution in [0.25, 0.3) is 5.57 Å². The lowest BCUT2D eigenvalue weighted by atomic mass is 10.0. The number of aliphatic hydroxyl groups excluding tert-OH is 1. The predicted molar refractivity (Wildman–Crippen MR) is 114 cm³/mol. The summed E-state index contributed by atoms with van der Waals surface area (Å²) in [6.07, 6.45) is 1.63. The number of hydrogen-bond donors (Lipinski definition) is 1. The molecule has 1 N–H and O–H groups in total. The molecule has 2 aromatic carbocycles. The highest BCUT2D eigenvalue weighted by Gasteiger charge is 2.38. The molecule has 1 aliphatic carbocycles. The van der Waals surface area contributed by atoms with E-state index in [4.69, 9.17) is 16.7 Å².